The third-order valence-corrected chi connectivity index (χ3v) is 4.89. The van der Waals surface area contributed by atoms with E-state index in [1.165, 1.54) is 11.3 Å². The molecule has 0 fully saturated rings. The predicted molar refractivity (Wildman–Crippen MR) is 88.0 cm³/mol. The second-order valence-corrected chi connectivity index (χ2v) is 6.31. The van der Waals surface area contributed by atoms with Crippen molar-refractivity contribution in [3.05, 3.63) is 63.4 Å². The molecule has 6 heteroatoms. The number of benzene rings is 2. The van der Waals surface area contributed by atoms with Gasteiger partial charge in [-0.25, -0.2) is 5.43 Å². The molecule has 0 atom stereocenters. The van der Waals surface area contributed by atoms with Crippen LogP contribution in [-0.2, 0) is 7.05 Å². The number of halogens is 1. The molecule has 0 aliphatic carbocycles. The number of carbonyl (C=O) groups is 1. The van der Waals surface area contributed by atoms with Crippen LogP contribution in [0.15, 0.2) is 58.1 Å². The van der Waals surface area contributed by atoms with E-state index in [0.717, 1.165) is 19.5 Å². The molecule has 1 N–H and O–H groups in total. The number of rotatable bonds is 2. The Kier molecular flexibility index (Phi) is 3.90. The molecule has 3 aromatic rings. The maximum absolute atomic E-state index is 12.1. The summed E-state index contributed by atoms with van der Waals surface area (Å²) in [6, 6.07) is 15.3. The molecular weight excluding hydrogens is 350 g/mol. The minimum absolute atomic E-state index is 0.236. The van der Waals surface area contributed by atoms with Crippen LogP contribution in [0, 0.1) is 0 Å². The molecule has 106 valence electrons. The Labute approximate surface area is 133 Å². The molecular formula is C15H12BrN3OS. The first-order valence-electron chi connectivity index (χ1n) is 6.30. The number of carbonyl (C=O) groups excluding carboxylic acids is 1. The molecule has 1 heterocycles. The predicted octanol–water partition coefficient (Wildman–Crippen LogP) is 3.25. The molecule has 1 amide bonds. The molecule has 0 unspecified atom stereocenters. The summed E-state index contributed by atoms with van der Waals surface area (Å²) in [7, 11) is 1.93. The van der Waals surface area contributed by atoms with E-state index in [0.29, 0.717) is 5.56 Å². The van der Waals surface area contributed by atoms with Gasteiger partial charge < -0.3 is 4.57 Å². The molecule has 1 aromatic heterocycles. The summed E-state index contributed by atoms with van der Waals surface area (Å²) in [6.07, 6.45) is 0. The van der Waals surface area contributed by atoms with Crippen LogP contribution in [-0.4, -0.2) is 10.5 Å². The topological polar surface area (TPSA) is 46.4 Å². The lowest BCUT2D eigenvalue weighted by Gasteiger charge is -2.01. The van der Waals surface area contributed by atoms with Crippen molar-refractivity contribution in [2.75, 3.05) is 0 Å². The number of nitrogens with one attached hydrogen (secondary N) is 1. The maximum atomic E-state index is 12.1. The van der Waals surface area contributed by atoms with E-state index in [-0.39, 0.29) is 5.91 Å². The minimum Gasteiger partial charge on any atom is -0.318 e. The standard InChI is InChI=1S/C15H12BrN3OS/c1-19-12-8-4-5-9-13(12)21-15(19)18-17-14(20)10-6-2-3-7-11(10)16/h2-9H,1H3,(H,17,20)/b18-15+. The Morgan fingerprint density at radius 1 is 1.19 bits per heavy atom. The lowest BCUT2D eigenvalue weighted by atomic mass is 10.2. The second kappa shape index (κ2) is 5.83. The van der Waals surface area contributed by atoms with E-state index in [9.17, 15) is 4.79 Å². The van der Waals surface area contributed by atoms with Gasteiger partial charge in [-0.1, -0.05) is 35.6 Å². The smallest absolute Gasteiger partial charge is 0.272 e. The number of thiazole rings is 1. The van der Waals surface area contributed by atoms with Gasteiger partial charge in [-0.05, 0) is 40.2 Å². The molecule has 21 heavy (non-hydrogen) atoms. The lowest BCUT2D eigenvalue weighted by molar-refractivity contribution is 0.0952. The van der Waals surface area contributed by atoms with Crippen molar-refractivity contribution in [3.63, 3.8) is 0 Å². The van der Waals surface area contributed by atoms with Gasteiger partial charge in [-0.3, -0.25) is 4.79 Å². The van der Waals surface area contributed by atoms with Crippen LogP contribution in [0.3, 0.4) is 0 Å². The average molecular weight is 362 g/mol. The molecule has 0 saturated carbocycles. The Morgan fingerprint density at radius 3 is 2.67 bits per heavy atom. The van der Waals surface area contributed by atoms with Gasteiger partial charge in [0.2, 0.25) is 4.80 Å². The zero-order valence-electron chi connectivity index (χ0n) is 11.2. The van der Waals surface area contributed by atoms with E-state index in [1.807, 2.05) is 54.1 Å². The molecule has 3 rings (SSSR count). The van der Waals surface area contributed by atoms with Crippen molar-refractivity contribution in [3.8, 4) is 0 Å². The molecule has 0 saturated heterocycles. The monoisotopic (exact) mass is 361 g/mol. The highest BCUT2D eigenvalue weighted by Gasteiger charge is 2.08. The number of aryl methyl sites for hydroxylation is 1. The summed E-state index contributed by atoms with van der Waals surface area (Å²) in [4.78, 5) is 12.9. The highest BCUT2D eigenvalue weighted by Crippen LogP contribution is 2.16. The summed E-state index contributed by atoms with van der Waals surface area (Å²) in [5, 5.41) is 4.22. The Balaban J connectivity index is 1.93. The molecule has 4 nitrogen and oxygen atoms in total. The van der Waals surface area contributed by atoms with Crippen LogP contribution in [0.25, 0.3) is 10.2 Å². The summed E-state index contributed by atoms with van der Waals surface area (Å²) in [5.74, 6) is -0.236. The van der Waals surface area contributed by atoms with E-state index in [1.54, 1.807) is 6.07 Å². The van der Waals surface area contributed by atoms with Crippen LogP contribution < -0.4 is 10.2 Å². The first-order valence-corrected chi connectivity index (χ1v) is 7.91. The Morgan fingerprint density at radius 2 is 1.90 bits per heavy atom. The number of fused-ring (bicyclic) bond motifs is 1. The second-order valence-electron chi connectivity index (χ2n) is 4.44. The van der Waals surface area contributed by atoms with Crippen molar-refractivity contribution >= 4 is 43.4 Å². The molecule has 0 radical (unpaired) electrons. The Bertz CT molecular complexity index is 882. The molecule has 0 bridgehead atoms. The van der Waals surface area contributed by atoms with E-state index in [2.05, 4.69) is 26.5 Å². The lowest BCUT2D eigenvalue weighted by Crippen LogP contribution is -2.23. The van der Waals surface area contributed by atoms with Gasteiger partial charge in [0, 0.05) is 11.5 Å². The number of hydrogen-bond donors (Lipinski definition) is 1. The highest BCUT2D eigenvalue weighted by atomic mass is 79.9. The largest absolute Gasteiger partial charge is 0.318 e. The SMILES string of the molecule is Cn1/c(=N\NC(=O)c2ccccc2Br)sc2ccccc21. The van der Waals surface area contributed by atoms with Gasteiger partial charge in [0.1, 0.15) is 0 Å². The van der Waals surface area contributed by atoms with Gasteiger partial charge in [0.05, 0.1) is 15.8 Å². The van der Waals surface area contributed by atoms with E-state index < -0.39 is 0 Å². The summed E-state index contributed by atoms with van der Waals surface area (Å²) in [6.45, 7) is 0. The summed E-state index contributed by atoms with van der Waals surface area (Å²) < 4.78 is 3.84. The fourth-order valence-electron chi connectivity index (χ4n) is 1.99. The zero-order valence-corrected chi connectivity index (χ0v) is 13.6. The van der Waals surface area contributed by atoms with Gasteiger partial charge in [0.15, 0.2) is 0 Å². The quantitative estimate of drug-likeness (QED) is 0.699. The Hall–Kier alpha value is -1.92. The number of aromatic nitrogens is 1. The van der Waals surface area contributed by atoms with Gasteiger partial charge in [-0.15, -0.1) is 5.10 Å². The number of para-hydroxylation sites is 1. The number of hydrogen-bond acceptors (Lipinski definition) is 3. The van der Waals surface area contributed by atoms with E-state index >= 15 is 0 Å². The van der Waals surface area contributed by atoms with Gasteiger partial charge >= 0.3 is 0 Å². The molecule has 2 aromatic carbocycles. The normalized spacial score (nSPS) is 11.8. The highest BCUT2D eigenvalue weighted by molar-refractivity contribution is 9.10. The van der Waals surface area contributed by atoms with Crippen molar-refractivity contribution < 1.29 is 4.79 Å². The maximum Gasteiger partial charge on any atom is 0.272 e. The molecule has 0 aliphatic rings. The summed E-state index contributed by atoms with van der Waals surface area (Å²) in [5.41, 5.74) is 4.26. The van der Waals surface area contributed by atoms with Crippen LogP contribution >= 0.6 is 27.3 Å². The van der Waals surface area contributed by atoms with Crippen LogP contribution in [0.1, 0.15) is 10.4 Å². The number of nitrogens with zero attached hydrogens (tertiary/aromatic N) is 2. The third-order valence-electron chi connectivity index (χ3n) is 3.09. The van der Waals surface area contributed by atoms with Crippen LogP contribution in [0.5, 0.6) is 0 Å². The average Bonchev–Trinajstić information content (AvgIpc) is 2.82. The molecule has 0 spiro atoms. The van der Waals surface area contributed by atoms with Crippen molar-refractivity contribution in [1.29, 1.82) is 0 Å². The van der Waals surface area contributed by atoms with Crippen LogP contribution in [0.2, 0.25) is 0 Å². The van der Waals surface area contributed by atoms with Crippen molar-refractivity contribution in [2.24, 2.45) is 12.1 Å². The fourth-order valence-corrected chi connectivity index (χ4v) is 3.44. The van der Waals surface area contributed by atoms with Gasteiger partial charge in [-0.2, -0.15) is 0 Å². The fraction of sp³-hybridized carbons (Fsp3) is 0.0667. The van der Waals surface area contributed by atoms with Crippen molar-refractivity contribution in [2.45, 2.75) is 0 Å². The molecule has 0 aliphatic heterocycles. The zero-order chi connectivity index (χ0) is 14.8. The summed E-state index contributed by atoms with van der Waals surface area (Å²) >= 11 is 4.90. The van der Waals surface area contributed by atoms with E-state index in [4.69, 9.17) is 0 Å². The van der Waals surface area contributed by atoms with Crippen LogP contribution in [0.4, 0.5) is 0 Å². The number of amides is 1. The first-order chi connectivity index (χ1) is 10.2. The van der Waals surface area contributed by atoms with Gasteiger partial charge in [0.25, 0.3) is 5.91 Å². The first kappa shape index (κ1) is 14.0. The van der Waals surface area contributed by atoms with Crippen molar-refractivity contribution in [1.82, 2.24) is 9.99 Å². The minimum atomic E-state index is -0.236. The third kappa shape index (κ3) is 2.77.